The Labute approximate surface area is 151 Å². The van der Waals surface area contributed by atoms with E-state index < -0.39 is 5.92 Å². The van der Waals surface area contributed by atoms with Crippen molar-refractivity contribution in [1.82, 2.24) is 0 Å². The first-order chi connectivity index (χ1) is 12.1. The van der Waals surface area contributed by atoms with E-state index >= 15 is 0 Å². The van der Waals surface area contributed by atoms with Gasteiger partial charge in [-0.2, -0.15) is 0 Å². The number of rotatable bonds is 5. The van der Waals surface area contributed by atoms with Crippen LogP contribution in [0.2, 0.25) is 5.02 Å². The number of hydrogen-bond donors (Lipinski definition) is 1. The summed E-state index contributed by atoms with van der Waals surface area (Å²) in [5, 5.41) is 3.27. The molecule has 1 aliphatic heterocycles. The molecular formula is C19H19ClN2O3. The summed E-state index contributed by atoms with van der Waals surface area (Å²) >= 11 is 6.08. The van der Waals surface area contributed by atoms with Crippen molar-refractivity contribution in [3.63, 3.8) is 0 Å². The minimum Gasteiger partial charge on any atom is -0.492 e. The largest absolute Gasteiger partial charge is 0.492 e. The lowest BCUT2D eigenvalue weighted by molar-refractivity contribution is -0.122. The highest BCUT2D eigenvalue weighted by Crippen LogP contribution is 2.33. The van der Waals surface area contributed by atoms with E-state index in [4.69, 9.17) is 16.3 Å². The minimum absolute atomic E-state index is 0.0912. The molecule has 0 radical (unpaired) electrons. The highest BCUT2D eigenvalue weighted by molar-refractivity contribution is 6.33. The van der Waals surface area contributed by atoms with Crippen LogP contribution >= 0.6 is 11.6 Å². The Morgan fingerprint density at radius 1 is 1.24 bits per heavy atom. The van der Waals surface area contributed by atoms with Crippen molar-refractivity contribution >= 4 is 34.8 Å². The van der Waals surface area contributed by atoms with Crippen LogP contribution in [0.1, 0.15) is 13.3 Å². The first kappa shape index (κ1) is 17.3. The van der Waals surface area contributed by atoms with Gasteiger partial charge in [-0.1, -0.05) is 35.9 Å². The molecule has 0 spiro atoms. The Morgan fingerprint density at radius 2 is 1.96 bits per heavy atom. The Balaban J connectivity index is 1.74. The van der Waals surface area contributed by atoms with Crippen LogP contribution in [-0.4, -0.2) is 25.0 Å². The number of halogens is 1. The van der Waals surface area contributed by atoms with E-state index in [0.29, 0.717) is 35.3 Å². The number of amides is 2. The molecule has 2 aromatic rings. The van der Waals surface area contributed by atoms with Gasteiger partial charge in [0.05, 0.1) is 28.9 Å². The second-order valence-electron chi connectivity index (χ2n) is 5.78. The lowest BCUT2D eigenvalue weighted by Gasteiger charge is -2.20. The quantitative estimate of drug-likeness (QED) is 0.886. The van der Waals surface area contributed by atoms with Crippen molar-refractivity contribution in [3.8, 4) is 5.75 Å². The van der Waals surface area contributed by atoms with E-state index in [1.165, 1.54) is 0 Å². The summed E-state index contributed by atoms with van der Waals surface area (Å²) in [7, 11) is 0. The molecule has 1 N–H and O–H groups in total. The molecule has 1 heterocycles. The zero-order valence-electron chi connectivity index (χ0n) is 13.9. The SMILES string of the molecule is CCOc1ccccc1N1C[C@@H](C(=O)Nc2ccccc2Cl)CC1=O. The molecule has 1 fully saturated rings. The molecule has 1 atom stereocenters. The lowest BCUT2D eigenvalue weighted by Crippen LogP contribution is -2.28. The van der Waals surface area contributed by atoms with E-state index in [1.807, 2.05) is 31.2 Å². The number of nitrogens with zero attached hydrogens (tertiary/aromatic N) is 1. The summed E-state index contributed by atoms with van der Waals surface area (Å²) in [6.45, 7) is 2.72. The number of benzene rings is 2. The Kier molecular flexibility index (Phi) is 5.24. The van der Waals surface area contributed by atoms with Crippen LogP contribution < -0.4 is 15.0 Å². The fourth-order valence-electron chi connectivity index (χ4n) is 2.87. The summed E-state index contributed by atoms with van der Waals surface area (Å²) in [6.07, 6.45) is 0.163. The van der Waals surface area contributed by atoms with Gasteiger partial charge in [0.25, 0.3) is 0 Å². The summed E-state index contributed by atoms with van der Waals surface area (Å²) in [6, 6.07) is 14.4. The number of nitrogens with one attached hydrogen (secondary N) is 1. The zero-order chi connectivity index (χ0) is 17.8. The summed E-state index contributed by atoms with van der Waals surface area (Å²) < 4.78 is 5.59. The molecule has 0 unspecified atom stereocenters. The third kappa shape index (κ3) is 3.77. The molecule has 0 bridgehead atoms. The lowest BCUT2D eigenvalue weighted by atomic mass is 10.1. The molecule has 0 saturated carbocycles. The summed E-state index contributed by atoms with van der Waals surface area (Å²) in [4.78, 5) is 26.6. The first-order valence-corrected chi connectivity index (χ1v) is 8.55. The maximum Gasteiger partial charge on any atom is 0.229 e. The van der Waals surface area contributed by atoms with Crippen LogP contribution in [0.25, 0.3) is 0 Å². The monoisotopic (exact) mass is 358 g/mol. The third-order valence-corrected chi connectivity index (χ3v) is 4.41. The molecule has 2 aromatic carbocycles. The number of ether oxygens (including phenoxy) is 1. The van der Waals surface area contributed by atoms with Crippen molar-refractivity contribution in [1.29, 1.82) is 0 Å². The van der Waals surface area contributed by atoms with Gasteiger partial charge in [0.15, 0.2) is 0 Å². The predicted molar refractivity (Wildman–Crippen MR) is 98.2 cm³/mol. The molecule has 2 amide bonds. The van der Waals surface area contributed by atoms with E-state index in [9.17, 15) is 9.59 Å². The standard InChI is InChI=1S/C19H19ClN2O3/c1-2-25-17-10-6-5-9-16(17)22-12-13(11-18(22)23)19(24)21-15-8-4-3-7-14(15)20/h3-10,13H,2,11-12H2,1H3,(H,21,24)/t13-/m0/s1. The summed E-state index contributed by atoms with van der Waals surface area (Å²) in [5.74, 6) is -0.0896. The average Bonchev–Trinajstić information content (AvgIpc) is 2.99. The highest BCUT2D eigenvalue weighted by Gasteiger charge is 2.36. The number of hydrogen-bond acceptors (Lipinski definition) is 3. The molecule has 3 rings (SSSR count). The molecule has 25 heavy (non-hydrogen) atoms. The van der Waals surface area contributed by atoms with Crippen LogP contribution in [-0.2, 0) is 9.59 Å². The van der Waals surface area contributed by atoms with Crippen LogP contribution in [0.5, 0.6) is 5.75 Å². The molecule has 130 valence electrons. The minimum atomic E-state index is -0.432. The first-order valence-electron chi connectivity index (χ1n) is 8.17. The van der Waals surface area contributed by atoms with Crippen molar-refractivity contribution < 1.29 is 14.3 Å². The second-order valence-corrected chi connectivity index (χ2v) is 6.18. The Hall–Kier alpha value is -2.53. The van der Waals surface area contributed by atoms with Crippen molar-refractivity contribution in [2.24, 2.45) is 5.92 Å². The zero-order valence-corrected chi connectivity index (χ0v) is 14.6. The second kappa shape index (κ2) is 7.57. The summed E-state index contributed by atoms with van der Waals surface area (Å²) in [5.41, 5.74) is 1.25. The van der Waals surface area contributed by atoms with Gasteiger partial charge in [-0.05, 0) is 31.2 Å². The molecular weight excluding hydrogens is 340 g/mol. The Morgan fingerprint density at radius 3 is 2.72 bits per heavy atom. The molecule has 1 saturated heterocycles. The topological polar surface area (TPSA) is 58.6 Å². The Bertz CT molecular complexity index is 794. The molecule has 5 nitrogen and oxygen atoms in total. The van der Waals surface area contributed by atoms with Crippen LogP contribution in [0, 0.1) is 5.92 Å². The third-order valence-electron chi connectivity index (χ3n) is 4.08. The fourth-order valence-corrected chi connectivity index (χ4v) is 3.05. The van der Waals surface area contributed by atoms with Crippen molar-refractivity contribution in [2.45, 2.75) is 13.3 Å². The predicted octanol–water partition coefficient (Wildman–Crippen LogP) is 3.73. The molecule has 1 aliphatic rings. The highest BCUT2D eigenvalue weighted by atomic mass is 35.5. The van der Waals surface area contributed by atoms with Gasteiger partial charge in [0, 0.05) is 13.0 Å². The fraction of sp³-hybridized carbons (Fsp3) is 0.263. The molecule has 6 heteroatoms. The van der Waals surface area contributed by atoms with Gasteiger partial charge in [-0.25, -0.2) is 0 Å². The van der Waals surface area contributed by atoms with Crippen molar-refractivity contribution in [2.75, 3.05) is 23.4 Å². The van der Waals surface area contributed by atoms with E-state index in [-0.39, 0.29) is 18.2 Å². The van der Waals surface area contributed by atoms with Crippen LogP contribution in [0.15, 0.2) is 48.5 Å². The van der Waals surface area contributed by atoms with Crippen LogP contribution in [0.4, 0.5) is 11.4 Å². The van der Waals surface area contributed by atoms with Crippen LogP contribution in [0.3, 0.4) is 0 Å². The molecule has 0 aliphatic carbocycles. The maximum absolute atomic E-state index is 12.5. The van der Waals surface area contributed by atoms with Gasteiger partial charge in [-0.15, -0.1) is 0 Å². The van der Waals surface area contributed by atoms with Gasteiger partial charge < -0.3 is 15.0 Å². The van der Waals surface area contributed by atoms with Gasteiger partial charge in [-0.3, -0.25) is 9.59 Å². The average molecular weight is 359 g/mol. The van der Waals surface area contributed by atoms with Gasteiger partial charge >= 0.3 is 0 Å². The number of carbonyl (C=O) groups is 2. The van der Waals surface area contributed by atoms with Gasteiger partial charge in [0.1, 0.15) is 5.75 Å². The normalized spacial score (nSPS) is 16.8. The van der Waals surface area contributed by atoms with Crippen molar-refractivity contribution in [3.05, 3.63) is 53.6 Å². The number of anilines is 2. The number of carbonyl (C=O) groups excluding carboxylic acids is 2. The van der Waals surface area contributed by atoms with E-state index in [0.717, 1.165) is 0 Å². The van der Waals surface area contributed by atoms with E-state index in [1.54, 1.807) is 29.2 Å². The maximum atomic E-state index is 12.5. The smallest absolute Gasteiger partial charge is 0.229 e. The van der Waals surface area contributed by atoms with E-state index in [2.05, 4.69) is 5.32 Å². The number of para-hydroxylation sites is 3. The van der Waals surface area contributed by atoms with Gasteiger partial charge in [0.2, 0.25) is 11.8 Å². The molecule has 0 aromatic heterocycles.